The Hall–Kier alpha value is -1.95. The first-order valence-electron chi connectivity index (χ1n) is 9.69. The number of hydrogen-bond donors (Lipinski definition) is 1. The second-order valence-electron chi connectivity index (χ2n) is 7.46. The van der Waals surface area contributed by atoms with E-state index >= 15 is 0 Å². The Morgan fingerprint density at radius 3 is 2.93 bits per heavy atom. The average Bonchev–Trinajstić information content (AvgIpc) is 3.27. The van der Waals surface area contributed by atoms with E-state index in [2.05, 4.69) is 23.1 Å². The first-order valence-corrected chi connectivity index (χ1v) is 9.69. The first kappa shape index (κ1) is 18.4. The van der Waals surface area contributed by atoms with E-state index < -0.39 is 6.10 Å². The fraction of sp³-hybridized carbons (Fsp3) is 0.455. The third-order valence-electron chi connectivity index (χ3n) is 5.36. The summed E-state index contributed by atoms with van der Waals surface area (Å²) in [4.78, 5) is 2.18. The predicted octanol–water partition coefficient (Wildman–Crippen LogP) is 3.34. The van der Waals surface area contributed by atoms with Crippen LogP contribution in [-0.2, 0) is 11.2 Å². The lowest BCUT2D eigenvalue weighted by atomic mass is 10.1. The molecule has 2 aromatic carbocycles. The van der Waals surface area contributed by atoms with Crippen LogP contribution >= 0.6 is 0 Å². The van der Waals surface area contributed by atoms with Crippen LogP contribution in [-0.4, -0.2) is 48.5 Å². The van der Waals surface area contributed by atoms with Crippen LogP contribution in [0.5, 0.6) is 5.75 Å². The number of halogens is 1. The molecule has 2 aliphatic rings. The number of aliphatic hydroxyl groups excluding tert-OH is 1. The molecule has 1 unspecified atom stereocenters. The Morgan fingerprint density at radius 1 is 1.15 bits per heavy atom. The highest BCUT2D eigenvalue weighted by molar-refractivity contribution is 5.33. The number of fused-ring (bicyclic) bond motifs is 1. The van der Waals surface area contributed by atoms with Crippen molar-refractivity contribution in [2.45, 2.75) is 37.6 Å². The maximum Gasteiger partial charge on any atom is 0.126 e. The van der Waals surface area contributed by atoms with Gasteiger partial charge in [0.1, 0.15) is 17.7 Å². The summed E-state index contributed by atoms with van der Waals surface area (Å²) >= 11 is 0. The van der Waals surface area contributed by atoms with Crippen molar-refractivity contribution in [3.05, 3.63) is 65.5 Å². The molecule has 5 heteroatoms. The van der Waals surface area contributed by atoms with Gasteiger partial charge in [-0.05, 0) is 42.5 Å². The van der Waals surface area contributed by atoms with Gasteiger partial charge >= 0.3 is 0 Å². The van der Waals surface area contributed by atoms with E-state index in [1.165, 1.54) is 23.3 Å². The maximum absolute atomic E-state index is 13.3. The Labute approximate surface area is 159 Å². The third kappa shape index (κ3) is 4.67. The van der Waals surface area contributed by atoms with Crippen molar-refractivity contribution in [1.82, 2.24) is 4.90 Å². The molecule has 27 heavy (non-hydrogen) atoms. The monoisotopic (exact) mass is 371 g/mol. The van der Waals surface area contributed by atoms with Gasteiger partial charge in [-0.25, -0.2) is 4.39 Å². The number of nitrogens with zero attached hydrogens (tertiary/aromatic N) is 1. The van der Waals surface area contributed by atoms with Crippen molar-refractivity contribution < 1.29 is 19.0 Å². The number of hydrogen-bond acceptors (Lipinski definition) is 4. The molecule has 0 amide bonds. The lowest BCUT2D eigenvalue weighted by molar-refractivity contribution is -0.0200. The highest BCUT2D eigenvalue weighted by atomic mass is 19.1. The normalized spacial score (nSPS) is 23.3. The molecule has 1 heterocycles. The zero-order chi connectivity index (χ0) is 18.6. The van der Waals surface area contributed by atoms with Gasteiger partial charge in [0.25, 0.3) is 0 Å². The molecule has 0 spiro atoms. The van der Waals surface area contributed by atoms with Crippen LogP contribution in [0.2, 0.25) is 0 Å². The molecular formula is C22H26FNO3. The lowest BCUT2D eigenvalue weighted by Crippen LogP contribution is -2.35. The summed E-state index contributed by atoms with van der Waals surface area (Å²) in [7, 11) is 0. The summed E-state index contributed by atoms with van der Waals surface area (Å²) < 4.78 is 25.1. The molecule has 0 bridgehead atoms. The second-order valence-corrected chi connectivity index (χ2v) is 7.46. The standard InChI is InChI=1S/C22H26FNO3/c23-17-5-3-6-19(12-17)27-20-10-11-24(14-20)13-18(25)15-26-22-9-8-16-4-1-2-7-21(16)22/h1-7,12,18,20,22,25H,8-11,13-15H2/t18?,20-,22+/m1/s1. The topological polar surface area (TPSA) is 41.9 Å². The van der Waals surface area contributed by atoms with E-state index in [4.69, 9.17) is 9.47 Å². The van der Waals surface area contributed by atoms with E-state index in [-0.39, 0.29) is 18.0 Å². The molecule has 4 nitrogen and oxygen atoms in total. The fourth-order valence-corrected chi connectivity index (χ4v) is 4.06. The van der Waals surface area contributed by atoms with Gasteiger partial charge in [-0.1, -0.05) is 30.3 Å². The number of β-amino-alcohol motifs (C(OH)–C–C–N with tert-alkyl or cyclic N) is 1. The summed E-state index contributed by atoms with van der Waals surface area (Å²) in [5, 5.41) is 10.4. The molecule has 1 N–H and O–H groups in total. The zero-order valence-electron chi connectivity index (χ0n) is 15.4. The van der Waals surface area contributed by atoms with E-state index in [1.54, 1.807) is 12.1 Å². The van der Waals surface area contributed by atoms with Crippen LogP contribution in [0.15, 0.2) is 48.5 Å². The van der Waals surface area contributed by atoms with Crippen molar-refractivity contribution in [2.24, 2.45) is 0 Å². The molecule has 144 valence electrons. The molecule has 0 saturated carbocycles. The van der Waals surface area contributed by atoms with E-state index in [0.717, 1.165) is 32.4 Å². The van der Waals surface area contributed by atoms with Crippen LogP contribution in [0.4, 0.5) is 4.39 Å². The third-order valence-corrected chi connectivity index (χ3v) is 5.36. The number of ether oxygens (including phenoxy) is 2. The molecule has 1 fully saturated rings. The predicted molar refractivity (Wildman–Crippen MR) is 101 cm³/mol. The minimum atomic E-state index is -0.523. The quantitative estimate of drug-likeness (QED) is 0.811. The minimum absolute atomic E-state index is 0.0293. The molecule has 0 radical (unpaired) electrons. The van der Waals surface area contributed by atoms with Gasteiger partial charge in [-0.15, -0.1) is 0 Å². The average molecular weight is 371 g/mol. The van der Waals surface area contributed by atoms with Gasteiger partial charge in [0.2, 0.25) is 0 Å². The van der Waals surface area contributed by atoms with Gasteiger partial charge in [-0.2, -0.15) is 0 Å². The molecule has 1 aliphatic carbocycles. The van der Waals surface area contributed by atoms with Gasteiger partial charge < -0.3 is 14.6 Å². The van der Waals surface area contributed by atoms with Gasteiger partial charge in [0.15, 0.2) is 0 Å². The van der Waals surface area contributed by atoms with Crippen molar-refractivity contribution in [1.29, 1.82) is 0 Å². The van der Waals surface area contributed by atoms with E-state index in [1.807, 2.05) is 6.07 Å². The Bertz CT molecular complexity index is 769. The van der Waals surface area contributed by atoms with Crippen LogP contribution in [0, 0.1) is 5.82 Å². The number of rotatable bonds is 7. The van der Waals surface area contributed by atoms with Crippen LogP contribution in [0.3, 0.4) is 0 Å². The summed E-state index contributed by atoms with van der Waals surface area (Å²) in [6.45, 7) is 2.51. The molecule has 2 aromatic rings. The fourth-order valence-electron chi connectivity index (χ4n) is 4.06. The van der Waals surface area contributed by atoms with Crippen molar-refractivity contribution in [3.8, 4) is 5.75 Å². The first-order chi connectivity index (χ1) is 13.2. The van der Waals surface area contributed by atoms with Crippen molar-refractivity contribution in [2.75, 3.05) is 26.2 Å². The molecule has 0 aromatic heterocycles. The summed E-state index contributed by atoms with van der Waals surface area (Å²) in [6.07, 6.45) is 2.51. The van der Waals surface area contributed by atoms with Gasteiger partial charge in [0, 0.05) is 25.7 Å². The molecular weight excluding hydrogens is 345 g/mol. The lowest BCUT2D eigenvalue weighted by Gasteiger charge is -2.22. The van der Waals surface area contributed by atoms with Crippen LogP contribution in [0.1, 0.15) is 30.1 Å². The summed E-state index contributed by atoms with van der Waals surface area (Å²) in [6, 6.07) is 14.6. The SMILES string of the molecule is OC(CO[C@H]1CCc2ccccc21)CN1CC[C@@H](Oc2cccc(F)c2)C1. The Balaban J connectivity index is 1.21. The molecule has 1 aliphatic heterocycles. The summed E-state index contributed by atoms with van der Waals surface area (Å²) in [5.74, 6) is 0.272. The van der Waals surface area contributed by atoms with Gasteiger partial charge in [-0.3, -0.25) is 4.90 Å². The maximum atomic E-state index is 13.3. The van der Waals surface area contributed by atoms with Crippen molar-refractivity contribution in [3.63, 3.8) is 0 Å². The zero-order valence-corrected chi connectivity index (χ0v) is 15.4. The van der Waals surface area contributed by atoms with Crippen LogP contribution in [0.25, 0.3) is 0 Å². The number of benzene rings is 2. The number of aryl methyl sites for hydroxylation is 1. The van der Waals surface area contributed by atoms with Gasteiger partial charge in [0.05, 0.1) is 18.8 Å². The highest BCUT2D eigenvalue weighted by Crippen LogP contribution is 2.33. The molecule has 3 atom stereocenters. The summed E-state index contributed by atoms with van der Waals surface area (Å²) in [5.41, 5.74) is 2.61. The number of likely N-dealkylation sites (tertiary alicyclic amines) is 1. The minimum Gasteiger partial charge on any atom is -0.489 e. The molecule has 4 rings (SSSR count). The smallest absolute Gasteiger partial charge is 0.126 e. The second kappa shape index (κ2) is 8.38. The van der Waals surface area contributed by atoms with Crippen LogP contribution < -0.4 is 4.74 Å². The van der Waals surface area contributed by atoms with E-state index in [0.29, 0.717) is 18.9 Å². The van der Waals surface area contributed by atoms with E-state index in [9.17, 15) is 9.50 Å². The molecule has 1 saturated heterocycles. The Kier molecular flexibility index (Phi) is 5.72. The van der Waals surface area contributed by atoms with Crippen molar-refractivity contribution >= 4 is 0 Å². The highest BCUT2D eigenvalue weighted by Gasteiger charge is 2.27. The Morgan fingerprint density at radius 2 is 2.04 bits per heavy atom. The largest absolute Gasteiger partial charge is 0.489 e. The number of aliphatic hydroxyl groups is 1.